The molecule has 0 fully saturated rings. The third-order valence-electron chi connectivity index (χ3n) is 2.13. The van der Waals surface area contributed by atoms with Crippen molar-refractivity contribution >= 4 is 0 Å². The largest absolute Gasteiger partial charge is 0.264 e. The summed E-state index contributed by atoms with van der Waals surface area (Å²) in [5.74, 6) is -0.286. The van der Waals surface area contributed by atoms with Gasteiger partial charge in [-0.15, -0.1) is 0 Å². The highest BCUT2D eigenvalue weighted by molar-refractivity contribution is 5.64. The fourth-order valence-corrected chi connectivity index (χ4v) is 1.31. The van der Waals surface area contributed by atoms with Crippen LogP contribution in [0.1, 0.15) is 5.56 Å². The minimum absolute atomic E-state index is 0.286. The van der Waals surface area contributed by atoms with Gasteiger partial charge in [-0.3, -0.25) is 9.97 Å². The number of halogens is 1. The Morgan fingerprint density at radius 1 is 1.14 bits per heavy atom. The maximum atomic E-state index is 13.2. The highest BCUT2D eigenvalue weighted by atomic mass is 19.1. The molecular weight excluding hydrogens is 179 g/mol. The van der Waals surface area contributed by atoms with Gasteiger partial charge in [0.2, 0.25) is 0 Å². The van der Waals surface area contributed by atoms with Crippen LogP contribution in [0.25, 0.3) is 11.1 Å². The minimum Gasteiger partial charge on any atom is -0.264 e. The van der Waals surface area contributed by atoms with Gasteiger partial charge in [0.1, 0.15) is 5.82 Å². The van der Waals surface area contributed by atoms with Crippen molar-refractivity contribution in [3.05, 3.63) is 48.3 Å². The van der Waals surface area contributed by atoms with Crippen molar-refractivity contribution in [2.45, 2.75) is 6.92 Å². The first kappa shape index (κ1) is 8.81. The van der Waals surface area contributed by atoms with Crippen molar-refractivity contribution < 1.29 is 4.39 Å². The molecule has 0 spiro atoms. The lowest BCUT2D eigenvalue weighted by molar-refractivity contribution is 0.613. The quantitative estimate of drug-likeness (QED) is 0.687. The standard InChI is InChI=1S/C11H9FN2/c1-8-10(6-14-7-11(8)12)9-3-2-4-13-5-9/h2-7H,1H3. The maximum absolute atomic E-state index is 13.2. The molecule has 2 aromatic rings. The summed E-state index contributed by atoms with van der Waals surface area (Å²) in [7, 11) is 0. The summed E-state index contributed by atoms with van der Waals surface area (Å²) in [6.45, 7) is 1.74. The van der Waals surface area contributed by atoms with Crippen molar-refractivity contribution in [3.63, 3.8) is 0 Å². The molecule has 0 aliphatic rings. The van der Waals surface area contributed by atoms with E-state index in [4.69, 9.17) is 0 Å². The fraction of sp³-hybridized carbons (Fsp3) is 0.0909. The van der Waals surface area contributed by atoms with Gasteiger partial charge in [-0.1, -0.05) is 6.07 Å². The third kappa shape index (κ3) is 1.48. The summed E-state index contributed by atoms with van der Waals surface area (Å²) in [4.78, 5) is 7.80. The smallest absolute Gasteiger partial charge is 0.145 e. The summed E-state index contributed by atoms with van der Waals surface area (Å²) in [6, 6.07) is 3.70. The van der Waals surface area contributed by atoms with Crippen LogP contribution in [0, 0.1) is 12.7 Å². The summed E-state index contributed by atoms with van der Waals surface area (Å²) in [6.07, 6.45) is 6.25. The molecule has 0 N–H and O–H groups in total. The lowest BCUT2D eigenvalue weighted by Crippen LogP contribution is -1.90. The number of nitrogens with zero attached hydrogens (tertiary/aromatic N) is 2. The Morgan fingerprint density at radius 2 is 2.00 bits per heavy atom. The summed E-state index contributed by atoms with van der Waals surface area (Å²) in [5.41, 5.74) is 2.28. The molecule has 0 atom stereocenters. The van der Waals surface area contributed by atoms with Gasteiger partial charge in [0.15, 0.2) is 0 Å². The Morgan fingerprint density at radius 3 is 2.71 bits per heavy atom. The lowest BCUT2D eigenvalue weighted by atomic mass is 10.1. The van der Waals surface area contributed by atoms with Gasteiger partial charge in [-0.05, 0) is 18.6 Å². The van der Waals surface area contributed by atoms with E-state index in [1.54, 1.807) is 25.5 Å². The molecule has 2 rings (SSSR count). The van der Waals surface area contributed by atoms with E-state index in [1.807, 2.05) is 12.1 Å². The topological polar surface area (TPSA) is 25.8 Å². The molecule has 0 radical (unpaired) electrons. The van der Waals surface area contributed by atoms with Crippen LogP contribution in [0.4, 0.5) is 4.39 Å². The van der Waals surface area contributed by atoms with Gasteiger partial charge in [0.25, 0.3) is 0 Å². The molecule has 14 heavy (non-hydrogen) atoms. The predicted octanol–water partition coefficient (Wildman–Crippen LogP) is 2.59. The van der Waals surface area contributed by atoms with E-state index < -0.39 is 0 Å². The van der Waals surface area contributed by atoms with Crippen molar-refractivity contribution in [1.29, 1.82) is 0 Å². The van der Waals surface area contributed by atoms with Crippen LogP contribution in [0.3, 0.4) is 0 Å². The van der Waals surface area contributed by atoms with Crippen LogP contribution in [0.5, 0.6) is 0 Å². The molecule has 0 unspecified atom stereocenters. The normalized spacial score (nSPS) is 10.1. The zero-order chi connectivity index (χ0) is 9.97. The number of aromatic nitrogens is 2. The first-order valence-electron chi connectivity index (χ1n) is 4.29. The van der Waals surface area contributed by atoms with E-state index in [9.17, 15) is 4.39 Å². The number of rotatable bonds is 1. The summed E-state index contributed by atoms with van der Waals surface area (Å²) in [5, 5.41) is 0. The molecule has 0 saturated carbocycles. The molecule has 70 valence electrons. The van der Waals surface area contributed by atoms with Crippen LogP contribution < -0.4 is 0 Å². The fourth-order valence-electron chi connectivity index (χ4n) is 1.31. The Kier molecular flexibility index (Phi) is 2.23. The van der Waals surface area contributed by atoms with E-state index in [-0.39, 0.29) is 5.82 Å². The molecule has 2 aromatic heterocycles. The Labute approximate surface area is 81.5 Å². The molecule has 0 aliphatic carbocycles. The van der Waals surface area contributed by atoms with Crippen LogP contribution in [0.15, 0.2) is 36.9 Å². The second-order valence-corrected chi connectivity index (χ2v) is 3.04. The Bertz CT molecular complexity index is 440. The molecule has 0 aromatic carbocycles. The van der Waals surface area contributed by atoms with Gasteiger partial charge in [0.05, 0.1) is 6.20 Å². The van der Waals surface area contributed by atoms with Crippen molar-refractivity contribution in [2.24, 2.45) is 0 Å². The second kappa shape index (κ2) is 3.54. The minimum atomic E-state index is -0.286. The van der Waals surface area contributed by atoms with Gasteiger partial charge in [0, 0.05) is 29.7 Å². The Hall–Kier alpha value is -1.77. The van der Waals surface area contributed by atoms with Crippen molar-refractivity contribution in [3.8, 4) is 11.1 Å². The van der Waals surface area contributed by atoms with Gasteiger partial charge < -0.3 is 0 Å². The second-order valence-electron chi connectivity index (χ2n) is 3.04. The zero-order valence-electron chi connectivity index (χ0n) is 7.74. The molecule has 0 amide bonds. The van der Waals surface area contributed by atoms with Gasteiger partial charge >= 0.3 is 0 Å². The average Bonchev–Trinajstić information content (AvgIpc) is 2.23. The molecular formula is C11H9FN2. The van der Waals surface area contributed by atoms with E-state index in [1.165, 1.54) is 6.20 Å². The van der Waals surface area contributed by atoms with Gasteiger partial charge in [-0.25, -0.2) is 4.39 Å². The monoisotopic (exact) mass is 188 g/mol. The van der Waals surface area contributed by atoms with E-state index in [0.29, 0.717) is 5.56 Å². The highest BCUT2D eigenvalue weighted by Gasteiger charge is 2.05. The van der Waals surface area contributed by atoms with Gasteiger partial charge in [-0.2, -0.15) is 0 Å². The average molecular weight is 188 g/mol. The Balaban J connectivity index is 2.58. The van der Waals surface area contributed by atoms with E-state index in [0.717, 1.165) is 11.1 Å². The predicted molar refractivity (Wildman–Crippen MR) is 52.2 cm³/mol. The number of hydrogen-bond donors (Lipinski definition) is 0. The van der Waals surface area contributed by atoms with E-state index in [2.05, 4.69) is 9.97 Å². The number of pyridine rings is 2. The molecule has 0 bridgehead atoms. The first-order valence-corrected chi connectivity index (χ1v) is 4.29. The molecule has 0 saturated heterocycles. The van der Waals surface area contributed by atoms with Crippen molar-refractivity contribution in [2.75, 3.05) is 0 Å². The molecule has 2 nitrogen and oxygen atoms in total. The molecule has 3 heteroatoms. The highest BCUT2D eigenvalue weighted by Crippen LogP contribution is 2.22. The SMILES string of the molecule is Cc1c(F)cncc1-c1cccnc1. The first-order chi connectivity index (χ1) is 6.79. The van der Waals surface area contributed by atoms with E-state index >= 15 is 0 Å². The van der Waals surface area contributed by atoms with Crippen LogP contribution in [-0.2, 0) is 0 Å². The maximum Gasteiger partial charge on any atom is 0.145 e. The summed E-state index contributed by atoms with van der Waals surface area (Å²) >= 11 is 0. The number of hydrogen-bond acceptors (Lipinski definition) is 2. The zero-order valence-corrected chi connectivity index (χ0v) is 7.74. The van der Waals surface area contributed by atoms with Crippen molar-refractivity contribution in [1.82, 2.24) is 9.97 Å². The van der Waals surface area contributed by atoms with Crippen LogP contribution in [0.2, 0.25) is 0 Å². The third-order valence-corrected chi connectivity index (χ3v) is 2.13. The van der Waals surface area contributed by atoms with Crippen LogP contribution >= 0.6 is 0 Å². The lowest BCUT2D eigenvalue weighted by Gasteiger charge is -2.04. The summed E-state index contributed by atoms with van der Waals surface area (Å²) < 4.78 is 13.2. The van der Waals surface area contributed by atoms with Crippen LogP contribution in [-0.4, -0.2) is 9.97 Å². The molecule has 2 heterocycles. The molecule has 0 aliphatic heterocycles.